The highest BCUT2D eigenvalue weighted by atomic mass is 32.2. The van der Waals surface area contributed by atoms with E-state index in [2.05, 4.69) is 5.32 Å². The average Bonchev–Trinajstić information content (AvgIpc) is 3.32. The molecule has 2 heterocycles. The van der Waals surface area contributed by atoms with Gasteiger partial charge in [0.25, 0.3) is 15.9 Å². The van der Waals surface area contributed by atoms with Crippen LogP contribution in [-0.2, 0) is 21.2 Å². The van der Waals surface area contributed by atoms with Crippen molar-refractivity contribution in [3.8, 4) is 0 Å². The number of hydrogen-bond acceptors (Lipinski definition) is 4. The molecule has 0 spiro atoms. The van der Waals surface area contributed by atoms with E-state index in [4.69, 9.17) is 4.74 Å². The predicted molar refractivity (Wildman–Crippen MR) is 112 cm³/mol. The number of rotatable bonds is 5. The highest BCUT2D eigenvalue weighted by Crippen LogP contribution is 2.37. The van der Waals surface area contributed by atoms with Crippen LogP contribution in [0.25, 0.3) is 0 Å². The van der Waals surface area contributed by atoms with E-state index in [0.29, 0.717) is 24.2 Å². The van der Waals surface area contributed by atoms with Crippen LogP contribution < -0.4 is 9.62 Å². The van der Waals surface area contributed by atoms with Gasteiger partial charge in [-0.3, -0.25) is 9.10 Å². The van der Waals surface area contributed by atoms with Gasteiger partial charge < -0.3 is 10.1 Å². The van der Waals surface area contributed by atoms with Crippen LogP contribution in [-0.4, -0.2) is 39.6 Å². The minimum atomic E-state index is -3.66. The van der Waals surface area contributed by atoms with Crippen LogP contribution in [0.15, 0.2) is 47.4 Å². The highest BCUT2D eigenvalue weighted by Gasteiger charge is 2.36. The molecule has 4 rings (SSSR count). The fraction of sp³-hybridized carbons (Fsp3) is 0.409. The van der Waals surface area contributed by atoms with E-state index in [1.165, 1.54) is 4.31 Å². The van der Waals surface area contributed by atoms with E-state index in [1.807, 2.05) is 13.8 Å². The molecule has 0 saturated carbocycles. The molecule has 1 saturated heterocycles. The largest absolute Gasteiger partial charge is 0.376 e. The van der Waals surface area contributed by atoms with Gasteiger partial charge in [0.05, 0.1) is 16.7 Å². The Balaban J connectivity index is 1.56. The number of aryl methyl sites for hydroxylation is 1. The quantitative estimate of drug-likeness (QED) is 0.816. The number of sulfonamides is 1. The summed E-state index contributed by atoms with van der Waals surface area (Å²) in [4.78, 5) is 12.8. The lowest BCUT2D eigenvalue weighted by molar-refractivity contribution is 0.0857. The first-order valence-electron chi connectivity index (χ1n) is 10.00. The molecule has 1 N–H and O–H groups in total. The molecule has 1 amide bonds. The minimum Gasteiger partial charge on any atom is -0.376 e. The monoisotopic (exact) mass is 414 g/mol. The van der Waals surface area contributed by atoms with Crippen LogP contribution in [0, 0.1) is 6.92 Å². The summed E-state index contributed by atoms with van der Waals surface area (Å²) in [6, 6.07) is 11.9. The summed E-state index contributed by atoms with van der Waals surface area (Å²) >= 11 is 0. The number of carbonyl (C=O) groups excluding carboxylic acids is 1. The molecule has 154 valence electrons. The topological polar surface area (TPSA) is 75.7 Å². The van der Waals surface area contributed by atoms with Gasteiger partial charge in [-0.15, -0.1) is 0 Å². The summed E-state index contributed by atoms with van der Waals surface area (Å²) in [5.41, 5.74) is 3.08. The number of amides is 1. The third-order valence-corrected chi connectivity index (χ3v) is 7.53. The number of fused-ring (bicyclic) bond motifs is 1. The molecule has 2 aromatic rings. The van der Waals surface area contributed by atoms with Gasteiger partial charge >= 0.3 is 0 Å². The van der Waals surface area contributed by atoms with Crippen molar-refractivity contribution in [2.75, 3.05) is 17.5 Å². The number of ether oxygens (including phenoxy) is 1. The van der Waals surface area contributed by atoms with Crippen molar-refractivity contribution in [1.82, 2.24) is 5.32 Å². The van der Waals surface area contributed by atoms with E-state index in [-0.39, 0.29) is 22.9 Å². The average molecular weight is 415 g/mol. The van der Waals surface area contributed by atoms with E-state index < -0.39 is 10.0 Å². The van der Waals surface area contributed by atoms with Crippen LogP contribution in [0.3, 0.4) is 0 Å². The second-order valence-electron chi connectivity index (χ2n) is 7.86. The fourth-order valence-electron chi connectivity index (χ4n) is 4.05. The molecule has 0 aromatic heterocycles. The highest BCUT2D eigenvalue weighted by molar-refractivity contribution is 7.92. The van der Waals surface area contributed by atoms with Gasteiger partial charge in [0.15, 0.2) is 0 Å². The maximum atomic E-state index is 13.2. The van der Waals surface area contributed by atoms with E-state index in [0.717, 1.165) is 30.6 Å². The molecule has 0 unspecified atom stereocenters. The summed E-state index contributed by atoms with van der Waals surface area (Å²) < 4.78 is 33.5. The van der Waals surface area contributed by atoms with Crippen LogP contribution >= 0.6 is 0 Å². The molecule has 2 aromatic carbocycles. The Morgan fingerprint density at radius 1 is 1.21 bits per heavy atom. The summed E-state index contributed by atoms with van der Waals surface area (Å²) in [5.74, 6) is -0.157. The Bertz CT molecular complexity index is 1010. The Labute approximate surface area is 171 Å². The lowest BCUT2D eigenvalue weighted by Gasteiger charge is -2.24. The van der Waals surface area contributed by atoms with Crippen LogP contribution in [0.4, 0.5) is 5.69 Å². The molecule has 0 bridgehead atoms. The summed E-state index contributed by atoms with van der Waals surface area (Å²) in [6.45, 7) is 5.07. The van der Waals surface area contributed by atoms with E-state index >= 15 is 0 Å². The zero-order valence-electron chi connectivity index (χ0n) is 16.7. The fourth-order valence-corrected chi connectivity index (χ4v) is 5.74. The number of benzene rings is 2. The van der Waals surface area contributed by atoms with Gasteiger partial charge in [-0.25, -0.2) is 8.42 Å². The molecule has 6 nitrogen and oxygen atoms in total. The molecule has 0 radical (unpaired) electrons. The lowest BCUT2D eigenvalue weighted by Crippen LogP contribution is -2.35. The normalized spacial score (nSPS) is 21.2. The molecule has 2 aliphatic rings. The number of hydrogen-bond donors (Lipinski definition) is 1. The minimum absolute atomic E-state index is 0.0866. The van der Waals surface area contributed by atoms with Gasteiger partial charge in [0.2, 0.25) is 0 Å². The maximum Gasteiger partial charge on any atom is 0.264 e. The molecule has 2 aliphatic heterocycles. The molecule has 0 aliphatic carbocycles. The van der Waals surface area contributed by atoms with Gasteiger partial charge in [-0.2, -0.15) is 0 Å². The van der Waals surface area contributed by atoms with Crippen molar-refractivity contribution < 1.29 is 17.9 Å². The Hall–Kier alpha value is -2.38. The number of nitrogens with one attached hydrogen (secondary N) is 1. The molecule has 29 heavy (non-hydrogen) atoms. The Kier molecular flexibility index (Phi) is 5.36. The summed E-state index contributed by atoms with van der Waals surface area (Å²) in [7, 11) is -3.66. The first-order valence-corrected chi connectivity index (χ1v) is 11.4. The molecular weight excluding hydrogens is 388 g/mol. The summed E-state index contributed by atoms with van der Waals surface area (Å²) in [5, 5.41) is 2.92. The van der Waals surface area contributed by atoms with E-state index in [9.17, 15) is 13.2 Å². The van der Waals surface area contributed by atoms with Crippen molar-refractivity contribution in [1.29, 1.82) is 0 Å². The molecule has 2 atom stereocenters. The second-order valence-corrected chi connectivity index (χ2v) is 9.67. The number of carbonyl (C=O) groups is 1. The van der Waals surface area contributed by atoms with Crippen LogP contribution in [0.5, 0.6) is 0 Å². The van der Waals surface area contributed by atoms with E-state index in [1.54, 1.807) is 42.5 Å². The SMILES string of the molecule is Cc1ccc(S(=O)(=O)N2c3ccc(C(=O)NC[C@H]4CCCO4)cc3C[C@H]2C)cc1. The third-order valence-electron chi connectivity index (χ3n) is 5.59. The van der Waals surface area contributed by atoms with Crippen LogP contribution in [0.2, 0.25) is 0 Å². The smallest absolute Gasteiger partial charge is 0.264 e. The van der Waals surface area contributed by atoms with Crippen molar-refractivity contribution >= 4 is 21.6 Å². The predicted octanol–water partition coefficient (Wildman–Crippen LogP) is 3.04. The Morgan fingerprint density at radius 2 is 1.97 bits per heavy atom. The zero-order chi connectivity index (χ0) is 20.6. The first kappa shape index (κ1) is 19.9. The van der Waals surface area contributed by atoms with Gasteiger partial charge in [-0.1, -0.05) is 17.7 Å². The number of nitrogens with zero attached hydrogens (tertiary/aromatic N) is 1. The maximum absolute atomic E-state index is 13.2. The molecule has 7 heteroatoms. The Morgan fingerprint density at radius 3 is 2.66 bits per heavy atom. The van der Waals surface area contributed by atoms with Crippen LogP contribution in [0.1, 0.15) is 41.3 Å². The second kappa shape index (κ2) is 7.80. The molecule has 1 fully saturated rings. The van der Waals surface area contributed by atoms with Crippen molar-refractivity contribution in [2.45, 2.75) is 50.2 Å². The van der Waals surface area contributed by atoms with Crippen molar-refractivity contribution in [3.05, 3.63) is 59.2 Å². The zero-order valence-corrected chi connectivity index (χ0v) is 17.5. The molecular formula is C22H26N2O4S. The van der Waals surface area contributed by atoms with Crippen molar-refractivity contribution in [3.63, 3.8) is 0 Å². The standard InChI is InChI=1S/C22H26N2O4S/c1-15-5-8-20(9-6-15)29(26,27)24-16(2)12-18-13-17(7-10-21(18)24)22(25)23-14-19-4-3-11-28-19/h5-10,13,16,19H,3-4,11-12,14H2,1-2H3,(H,23,25)/t16-,19-/m1/s1. The van der Waals surface area contributed by atoms with Gasteiger partial charge in [0, 0.05) is 24.8 Å². The third kappa shape index (κ3) is 3.89. The summed E-state index contributed by atoms with van der Waals surface area (Å²) in [6.07, 6.45) is 2.66. The first-order chi connectivity index (χ1) is 13.9. The van der Waals surface area contributed by atoms with Crippen molar-refractivity contribution in [2.24, 2.45) is 0 Å². The lowest BCUT2D eigenvalue weighted by atomic mass is 10.1. The number of anilines is 1. The van der Waals surface area contributed by atoms with Gasteiger partial charge in [0.1, 0.15) is 0 Å². The van der Waals surface area contributed by atoms with Gasteiger partial charge in [-0.05, 0) is 69.0 Å².